The highest BCUT2D eigenvalue weighted by molar-refractivity contribution is 9.10. The molecule has 0 atom stereocenters. The summed E-state index contributed by atoms with van der Waals surface area (Å²) >= 11 is 9.61. The lowest BCUT2D eigenvalue weighted by Crippen LogP contribution is -2.13. The Kier molecular flexibility index (Phi) is 7.09. The number of para-hydroxylation sites is 1. The Labute approximate surface area is 205 Å². The standard InChI is InChI=1S/C27H18BrClN2O2/c28-23-15-18(14-21(16-30)27(32)31-25-11-4-3-10-24(25)29)12-13-26(23)33-17-20-8-5-7-19-6-1-2-9-22(19)20/h1-15H,17H2,(H,31,32). The number of carbonyl (C=O) groups excluding carboxylic acids is 1. The Morgan fingerprint density at radius 1 is 1.03 bits per heavy atom. The van der Waals surface area contributed by atoms with Gasteiger partial charge in [-0.05, 0) is 68.2 Å². The zero-order valence-electron chi connectivity index (χ0n) is 17.4. The minimum absolute atomic E-state index is 0.0359. The summed E-state index contributed by atoms with van der Waals surface area (Å²) < 4.78 is 6.75. The molecule has 4 aromatic rings. The van der Waals surface area contributed by atoms with E-state index < -0.39 is 5.91 Å². The van der Waals surface area contributed by atoms with Crippen molar-refractivity contribution < 1.29 is 9.53 Å². The topological polar surface area (TPSA) is 62.1 Å². The Balaban J connectivity index is 1.49. The molecule has 0 bridgehead atoms. The number of hydrogen-bond acceptors (Lipinski definition) is 3. The maximum absolute atomic E-state index is 12.5. The molecule has 1 amide bonds. The van der Waals surface area contributed by atoms with Gasteiger partial charge in [0.05, 0.1) is 15.2 Å². The first-order chi connectivity index (χ1) is 16.0. The third-order valence-corrected chi connectivity index (χ3v) is 5.97. The van der Waals surface area contributed by atoms with Crippen molar-refractivity contribution in [1.29, 1.82) is 5.26 Å². The van der Waals surface area contributed by atoms with Crippen LogP contribution in [-0.2, 0) is 11.4 Å². The van der Waals surface area contributed by atoms with Crippen molar-refractivity contribution in [2.24, 2.45) is 0 Å². The summed E-state index contributed by atoms with van der Waals surface area (Å²) in [5.74, 6) is 0.136. The van der Waals surface area contributed by atoms with Crippen LogP contribution < -0.4 is 10.1 Å². The second-order valence-electron chi connectivity index (χ2n) is 7.22. The number of carbonyl (C=O) groups is 1. The molecule has 0 unspecified atom stereocenters. The molecule has 33 heavy (non-hydrogen) atoms. The molecule has 0 radical (unpaired) electrons. The van der Waals surface area contributed by atoms with Crippen LogP contribution in [0.25, 0.3) is 16.8 Å². The number of fused-ring (bicyclic) bond motifs is 1. The predicted octanol–water partition coefficient (Wildman–Crippen LogP) is 7.38. The first-order valence-electron chi connectivity index (χ1n) is 10.1. The number of nitriles is 1. The van der Waals surface area contributed by atoms with E-state index in [1.54, 1.807) is 36.4 Å². The maximum atomic E-state index is 12.5. The third kappa shape index (κ3) is 5.43. The number of halogens is 2. The summed E-state index contributed by atoms with van der Waals surface area (Å²) in [7, 11) is 0. The van der Waals surface area contributed by atoms with Crippen LogP contribution >= 0.6 is 27.5 Å². The van der Waals surface area contributed by atoms with Gasteiger partial charge in [0.2, 0.25) is 0 Å². The van der Waals surface area contributed by atoms with E-state index in [4.69, 9.17) is 16.3 Å². The number of rotatable bonds is 6. The van der Waals surface area contributed by atoms with E-state index in [9.17, 15) is 10.1 Å². The number of hydrogen-bond donors (Lipinski definition) is 1. The van der Waals surface area contributed by atoms with Gasteiger partial charge in [0.25, 0.3) is 5.91 Å². The van der Waals surface area contributed by atoms with Crippen molar-refractivity contribution >= 4 is 56.0 Å². The molecule has 0 saturated heterocycles. The average molecular weight is 518 g/mol. The van der Waals surface area contributed by atoms with E-state index in [-0.39, 0.29) is 5.57 Å². The maximum Gasteiger partial charge on any atom is 0.266 e. The van der Waals surface area contributed by atoms with Crippen LogP contribution in [0, 0.1) is 11.3 Å². The van der Waals surface area contributed by atoms with Gasteiger partial charge in [-0.15, -0.1) is 0 Å². The molecule has 0 fully saturated rings. The molecule has 0 saturated carbocycles. The second kappa shape index (κ2) is 10.4. The Morgan fingerprint density at radius 2 is 1.79 bits per heavy atom. The molecule has 0 heterocycles. The van der Waals surface area contributed by atoms with E-state index in [0.717, 1.165) is 20.8 Å². The van der Waals surface area contributed by atoms with Crippen LogP contribution in [0.4, 0.5) is 5.69 Å². The highest BCUT2D eigenvalue weighted by Crippen LogP contribution is 2.29. The van der Waals surface area contributed by atoms with Gasteiger partial charge in [-0.3, -0.25) is 4.79 Å². The van der Waals surface area contributed by atoms with Crippen LogP contribution in [-0.4, -0.2) is 5.91 Å². The lowest BCUT2D eigenvalue weighted by atomic mass is 10.1. The van der Waals surface area contributed by atoms with Crippen molar-refractivity contribution in [2.75, 3.05) is 5.32 Å². The summed E-state index contributed by atoms with van der Waals surface area (Å²) in [6.45, 7) is 0.416. The second-order valence-corrected chi connectivity index (χ2v) is 8.48. The van der Waals surface area contributed by atoms with Crippen LogP contribution in [0.15, 0.2) is 95.0 Å². The average Bonchev–Trinajstić information content (AvgIpc) is 2.83. The van der Waals surface area contributed by atoms with Crippen molar-refractivity contribution in [3.63, 3.8) is 0 Å². The fourth-order valence-electron chi connectivity index (χ4n) is 3.37. The van der Waals surface area contributed by atoms with Gasteiger partial charge in [0, 0.05) is 0 Å². The number of anilines is 1. The van der Waals surface area contributed by atoms with Crippen LogP contribution in [0.2, 0.25) is 5.02 Å². The van der Waals surface area contributed by atoms with E-state index in [0.29, 0.717) is 28.6 Å². The lowest BCUT2D eigenvalue weighted by Gasteiger charge is -2.11. The highest BCUT2D eigenvalue weighted by Gasteiger charge is 2.12. The zero-order valence-corrected chi connectivity index (χ0v) is 19.7. The van der Waals surface area contributed by atoms with Gasteiger partial charge in [0.15, 0.2) is 0 Å². The highest BCUT2D eigenvalue weighted by atomic mass is 79.9. The molecule has 4 nitrogen and oxygen atoms in total. The first kappa shape index (κ1) is 22.6. The van der Waals surface area contributed by atoms with Gasteiger partial charge in [-0.1, -0.05) is 72.3 Å². The first-order valence-corrected chi connectivity index (χ1v) is 11.3. The molecule has 4 rings (SSSR count). The molecular formula is C27H18BrClN2O2. The largest absolute Gasteiger partial charge is 0.488 e. The third-order valence-electron chi connectivity index (χ3n) is 5.02. The fraction of sp³-hybridized carbons (Fsp3) is 0.0370. The molecule has 0 spiro atoms. The molecule has 0 aliphatic rings. The van der Waals surface area contributed by atoms with Crippen molar-refractivity contribution in [3.8, 4) is 11.8 Å². The van der Waals surface area contributed by atoms with E-state index >= 15 is 0 Å². The fourth-order valence-corrected chi connectivity index (χ4v) is 4.06. The van der Waals surface area contributed by atoms with E-state index in [1.807, 2.05) is 36.4 Å². The van der Waals surface area contributed by atoms with Gasteiger partial charge >= 0.3 is 0 Å². The number of ether oxygens (including phenoxy) is 1. The smallest absolute Gasteiger partial charge is 0.266 e. The monoisotopic (exact) mass is 516 g/mol. The lowest BCUT2D eigenvalue weighted by molar-refractivity contribution is -0.112. The molecule has 0 aromatic heterocycles. The number of nitrogens with one attached hydrogen (secondary N) is 1. The summed E-state index contributed by atoms with van der Waals surface area (Å²) in [5, 5.41) is 14.9. The molecule has 162 valence electrons. The zero-order chi connectivity index (χ0) is 23.2. The summed E-state index contributed by atoms with van der Waals surface area (Å²) in [4.78, 5) is 12.5. The van der Waals surface area contributed by atoms with Gasteiger partial charge in [-0.2, -0.15) is 5.26 Å². The van der Waals surface area contributed by atoms with Crippen molar-refractivity contribution in [3.05, 3.63) is 111 Å². The van der Waals surface area contributed by atoms with Crippen molar-refractivity contribution in [2.45, 2.75) is 6.61 Å². The summed E-state index contributed by atoms with van der Waals surface area (Å²) in [6.07, 6.45) is 1.52. The molecule has 6 heteroatoms. The SMILES string of the molecule is N#CC(=Cc1ccc(OCc2cccc3ccccc23)c(Br)c1)C(=O)Nc1ccccc1Cl. The summed E-state index contributed by atoms with van der Waals surface area (Å²) in [5.41, 5.74) is 2.19. The van der Waals surface area contributed by atoms with Crippen LogP contribution in [0.3, 0.4) is 0 Å². The van der Waals surface area contributed by atoms with Crippen LogP contribution in [0.5, 0.6) is 5.75 Å². The molecular weight excluding hydrogens is 500 g/mol. The normalized spacial score (nSPS) is 11.1. The van der Waals surface area contributed by atoms with Gasteiger partial charge < -0.3 is 10.1 Å². The minimum Gasteiger partial charge on any atom is -0.488 e. The Hall–Kier alpha value is -3.59. The van der Waals surface area contributed by atoms with E-state index in [2.05, 4.69) is 39.4 Å². The van der Waals surface area contributed by atoms with E-state index in [1.165, 1.54) is 6.08 Å². The number of benzene rings is 4. The predicted molar refractivity (Wildman–Crippen MR) is 136 cm³/mol. The molecule has 1 N–H and O–H groups in total. The van der Waals surface area contributed by atoms with Gasteiger partial charge in [-0.25, -0.2) is 0 Å². The van der Waals surface area contributed by atoms with Crippen molar-refractivity contribution in [1.82, 2.24) is 0 Å². The quantitative estimate of drug-likeness (QED) is 0.214. The minimum atomic E-state index is -0.530. The van der Waals surface area contributed by atoms with Crippen LogP contribution in [0.1, 0.15) is 11.1 Å². The Morgan fingerprint density at radius 3 is 2.58 bits per heavy atom. The number of amides is 1. The molecule has 0 aliphatic carbocycles. The van der Waals surface area contributed by atoms with Gasteiger partial charge in [0.1, 0.15) is 24.0 Å². The molecule has 0 aliphatic heterocycles. The molecule has 4 aromatic carbocycles. The summed E-state index contributed by atoms with van der Waals surface area (Å²) in [6, 6.07) is 28.5. The number of nitrogens with zero attached hydrogens (tertiary/aromatic N) is 1. The Bertz CT molecular complexity index is 1400.